The van der Waals surface area contributed by atoms with Crippen molar-refractivity contribution in [1.29, 1.82) is 0 Å². The van der Waals surface area contributed by atoms with Crippen LogP contribution in [0.1, 0.15) is 18.1 Å². The van der Waals surface area contributed by atoms with E-state index in [0.29, 0.717) is 6.42 Å². The number of rotatable bonds is 4. The van der Waals surface area contributed by atoms with Crippen LogP contribution in [0.25, 0.3) is 0 Å². The number of aliphatic carboxylic acids is 1. The predicted molar refractivity (Wildman–Crippen MR) is 55.1 cm³/mol. The number of hydrogen-bond acceptors (Lipinski definition) is 2. The smallest absolute Gasteiger partial charge is 0.320 e. The Bertz CT molecular complexity index is 323. The van der Waals surface area contributed by atoms with E-state index in [2.05, 4.69) is 6.92 Å². The van der Waals surface area contributed by atoms with Crippen molar-refractivity contribution in [2.45, 2.75) is 25.8 Å². The Morgan fingerprint density at radius 2 is 2.14 bits per heavy atom. The van der Waals surface area contributed by atoms with E-state index in [9.17, 15) is 4.79 Å². The molecule has 0 heterocycles. The van der Waals surface area contributed by atoms with Gasteiger partial charge in [-0.25, -0.2) is 0 Å². The van der Waals surface area contributed by atoms with E-state index in [4.69, 9.17) is 10.8 Å². The zero-order valence-corrected chi connectivity index (χ0v) is 8.23. The third-order valence-corrected chi connectivity index (χ3v) is 2.17. The highest BCUT2D eigenvalue weighted by Gasteiger charge is 2.11. The summed E-state index contributed by atoms with van der Waals surface area (Å²) in [5.41, 5.74) is 7.63. The van der Waals surface area contributed by atoms with Gasteiger partial charge in [0.2, 0.25) is 0 Å². The van der Waals surface area contributed by atoms with Crippen molar-refractivity contribution in [3.05, 3.63) is 35.4 Å². The summed E-state index contributed by atoms with van der Waals surface area (Å²) in [5.74, 6) is -0.952. The average molecular weight is 193 g/mol. The number of hydrogen-bond donors (Lipinski definition) is 2. The Balaban J connectivity index is 2.71. The van der Waals surface area contributed by atoms with Gasteiger partial charge in [0.05, 0.1) is 0 Å². The number of aryl methyl sites for hydroxylation is 1. The summed E-state index contributed by atoms with van der Waals surface area (Å²) >= 11 is 0. The van der Waals surface area contributed by atoms with E-state index in [1.54, 1.807) is 0 Å². The molecule has 0 saturated heterocycles. The summed E-state index contributed by atoms with van der Waals surface area (Å²) in [6.07, 6.45) is 1.35. The van der Waals surface area contributed by atoms with Crippen molar-refractivity contribution in [3.8, 4) is 0 Å². The van der Waals surface area contributed by atoms with Crippen molar-refractivity contribution in [2.24, 2.45) is 5.73 Å². The van der Waals surface area contributed by atoms with Crippen LogP contribution in [0, 0.1) is 0 Å². The van der Waals surface area contributed by atoms with Gasteiger partial charge in [-0.3, -0.25) is 4.79 Å². The topological polar surface area (TPSA) is 63.3 Å². The second kappa shape index (κ2) is 4.77. The summed E-state index contributed by atoms with van der Waals surface area (Å²) < 4.78 is 0. The molecule has 0 aliphatic heterocycles. The predicted octanol–water partition coefficient (Wildman–Crippen LogP) is 1.20. The molecule has 0 saturated carbocycles. The fourth-order valence-electron chi connectivity index (χ4n) is 1.32. The molecule has 3 heteroatoms. The minimum Gasteiger partial charge on any atom is -0.480 e. The Morgan fingerprint density at radius 1 is 1.50 bits per heavy atom. The number of benzene rings is 1. The van der Waals surface area contributed by atoms with Crippen LogP contribution in [0.15, 0.2) is 24.3 Å². The zero-order chi connectivity index (χ0) is 10.6. The number of carboxylic acids is 1. The first-order valence-electron chi connectivity index (χ1n) is 4.69. The van der Waals surface area contributed by atoms with Crippen LogP contribution in [0.5, 0.6) is 0 Å². The van der Waals surface area contributed by atoms with Crippen LogP contribution < -0.4 is 5.73 Å². The zero-order valence-electron chi connectivity index (χ0n) is 8.23. The third kappa shape index (κ3) is 2.85. The number of carboxylic acid groups (broad SMARTS) is 1. The lowest BCUT2D eigenvalue weighted by atomic mass is 10.0. The van der Waals surface area contributed by atoms with Crippen molar-refractivity contribution < 1.29 is 9.90 Å². The highest BCUT2D eigenvalue weighted by atomic mass is 16.4. The molecule has 1 aromatic rings. The lowest BCUT2D eigenvalue weighted by Crippen LogP contribution is -2.32. The standard InChI is InChI=1S/C11H15NO2/c1-2-8-4-3-5-9(6-8)7-10(12)11(13)14/h3-6,10H,2,7,12H2,1H3,(H,13,14). The Kier molecular flexibility index (Phi) is 3.65. The maximum absolute atomic E-state index is 10.5. The quantitative estimate of drug-likeness (QED) is 0.755. The van der Waals surface area contributed by atoms with E-state index < -0.39 is 12.0 Å². The average Bonchev–Trinajstić information content (AvgIpc) is 2.18. The van der Waals surface area contributed by atoms with Gasteiger partial charge in [-0.2, -0.15) is 0 Å². The molecule has 76 valence electrons. The molecule has 0 amide bonds. The van der Waals surface area contributed by atoms with Crippen LogP contribution in [0.4, 0.5) is 0 Å². The first-order chi connectivity index (χ1) is 6.63. The van der Waals surface area contributed by atoms with E-state index in [1.165, 1.54) is 5.56 Å². The fourth-order valence-corrected chi connectivity index (χ4v) is 1.32. The van der Waals surface area contributed by atoms with E-state index in [1.807, 2.05) is 24.3 Å². The second-order valence-corrected chi connectivity index (χ2v) is 3.32. The van der Waals surface area contributed by atoms with E-state index in [0.717, 1.165) is 12.0 Å². The molecule has 0 spiro atoms. The number of carbonyl (C=O) groups is 1. The first-order valence-corrected chi connectivity index (χ1v) is 4.69. The van der Waals surface area contributed by atoms with Gasteiger partial charge in [0, 0.05) is 0 Å². The highest BCUT2D eigenvalue weighted by molar-refractivity contribution is 5.73. The van der Waals surface area contributed by atoms with Crippen LogP contribution in [0.2, 0.25) is 0 Å². The molecule has 1 atom stereocenters. The SMILES string of the molecule is CCc1cccc(CC(N)C(=O)O)c1. The molecule has 0 radical (unpaired) electrons. The molecule has 1 aromatic carbocycles. The summed E-state index contributed by atoms with van der Waals surface area (Å²) in [5, 5.41) is 8.64. The molecule has 3 nitrogen and oxygen atoms in total. The summed E-state index contributed by atoms with van der Waals surface area (Å²) in [6.45, 7) is 2.07. The molecule has 0 bridgehead atoms. The van der Waals surface area contributed by atoms with Crippen LogP contribution in [-0.4, -0.2) is 17.1 Å². The van der Waals surface area contributed by atoms with Crippen LogP contribution >= 0.6 is 0 Å². The van der Waals surface area contributed by atoms with Gasteiger partial charge in [-0.1, -0.05) is 31.2 Å². The largest absolute Gasteiger partial charge is 0.480 e. The Labute approximate surface area is 83.6 Å². The molecule has 0 aromatic heterocycles. The highest BCUT2D eigenvalue weighted by Crippen LogP contribution is 2.07. The lowest BCUT2D eigenvalue weighted by Gasteiger charge is -2.07. The summed E-state index contributed by atoms with van der Waals surface area (Å²) in [7, 11) is 0. The number of nitrogens with two attached hydrogens (primary N) is 1. The van der Waals surface area contributed by atoms with Gasteiger partial charge in [0.25, 0.3) is 0 Å². The third-order valence-electron chi connectivity index (χ3n) is 2.17. The molecule has 1 unspecified atom stereocenters. The van der Waals surface area contributed by atoms with Crippen molar-refractivity contribution in [2.75, 3.05) is 0 Å². The minimum absolute atomic E-state index is 0.392. The molecule has 14 heavy (non-hydrogen) atoms. The molecular weight excluding hydrogens is 178 g/mol. The van der Waals surface area contributed by atoms with Gasteiger partial charge in [-0.05, 0) is 24.0 Å². The van der Waals surface area contributed by atoms with Crippen molar-refractivity contribution >= 4 is 5.97 Å². The van der Waals surface area contributed by atoms with Gasteiger partial charge in [0.1, 0.15) is 6.04 Å². The van der Waals surface area contributed by atoms with E-state index >= 15 is 0 Å². The molecule has 0 aliphatic carbocycles. The second-order valence-electron chi connectivity index (χ2n) is 3.32. The Morgan fingerprint density at radius 3 is 2.71 bits per heavy atom. The minimum atomic E-state index is -0.952. The summed E-state index contributed by atoms with van der Waals surface area (Å²) in [6, 6.07) is 7.06. The van der Waals surface area contributed by atoms with Gasteiger partial charge in [-0.15, -0.1) is 0 Å². The van der Waals surface area contributed by atoms with Crippen LogP contribution in [-0.2, 0) is 17.6 Å². The molecule has 3 N–H and O–H groups in total. The molecule has 0 aliphatic rings. The molecular formula is C11H15NO2. The maximum atomic E-state index is 10.5. The van der Waals surface area contributed by atoms with Crippen LogP contribution in [0.3, 0.4) is 0 Å². The van der Waals surface area contributed by atoms with Crippen molar-refractivity contribution in [1.82, 2.24) is 0 Å². The van der Waals surface area contributed by atoms with Gasteiger partial charge in [0.15, 0.2) is 0 Å². The van der Waals surface area contributed by atoms with Gasteiger partial charge >= 0.3 is 5.97 Å². The van der Waals surface area contributed by atoms with Crippen molar-refractivity contribution in [3.63, 3.8) is 0 Å². The maximum Gasteiger partial charge on any atom is 0.320 e. The Hall–Kier alpha value is -1.35. The van der Waals surface area contributed by atoms with E-state index in [-0.39, 0.29) is 0 Å². The normalized spacial score (nSPS) is 12.4. The first kappa shape index (κ1) is 10.7. The lowest BCUT2D eigenvalue weighted by molar-refractivity contribution is -0.138. The fraction of sp³-hybridized carbons (Fsp3) is 0.364. The van der Waals surface area contributed by atoms with Gasteiger partial charge < -0.3 is 10.8 Å². The summed E-state index contributed by atoms with van der Waals surface area (Å²) in [4.78, 5) is 10.5. The monoisotopic (exact) mass is 193 g/mol. The molecule has 1 rings (SSSR count). The molecule has 0 fully saturated rings.